The van der Waals surface area contributed by atoms with E-state index >= 15 is 0 Å². The number of urea groups is 1. The molecule has 34 heavy (non-hydrogen) atoms. The number of rotatable bonds is 5. The van der Waals surface area contributed by atoms with Crippen LogP contribution in [0.2, 0.25) is 5.02 Å². The Morgan fingerprint density at radius 1 is 1.00 bits per heavy atom. The van der Waals surface area contributed by atoms with Gasteiger partial charge < -0.3 is 20.9 Å². The Bertz CT molecular complexity index is 1390. The van der Waals surface area contributed by atoms with Gasteiger partial charge in [0, 0.05) is 34.2 Å². The maximum Gasteiger partial charge on any atom is 0.323 e. The lowest BCUT2D eigenvalue weighted by Gasteiger charge is -2.12. The number of anilines is 3. The zero-order chi connectivity index (χ0) is 23.7. The number of fused-ring (bicyclic) bond motifs is 1. The molecule has 0 saturated heterocycles. The van der Waals surface area contributed by atoms with Gasteiger partial charge in [-0.1, -0.05) is 42.6 Å². The second-order valence-corrected chi connectivity index (χ2v) is 8.78. The summed E-state index contributed by atoms with van der Waals surface area (Å²) in [6.07, 6.45) is 7.67. The molecule has 2 heterocycles. The number of hydrogen-bond acceptors (Lipinski definition) is 5. The topological polar surface area (TPSA) is 115 Å². The highest BCUT2D eigenvalue weighted by atomic mass is 35.5. The first-order valence-electron chi connectivity index (χ1n) is 11.1. The van der Waals surface area contributed by atoms with E-state index in [9.17, 15) is 9.59 Å². The zero-order valence-corrected chi connectivity index (χ0v) is 19.0. The van der Waals surface area contributed by atoms with Gasteiger partial charge in [-0.25, -0.2) is 14.8 Å². The second-order valence-electron chi connectivity index (χ2n) is 8.35. The van der Waals surface area contributed by atoms with Crippen molar-refractivity contribution in [2.75, 3.05) is 16.4 Å². The summed E-state index contributed by atoms with van der Waals surface area (Å²) >= 11 is 5.97. The van der Waals surface area contributed by atoms with Crippen molar-refractivity contribution >= 4 is 51.6 Å². The van der Waals surface area contributed by atoms with Crippen LogP contribution in [0.1, 0.15) is 47.6 Å². The van der Waals surface area contributed by atoms with Crippen molar-refractivity contribution in [3.63, 3.8) is 0 Å². The van der Waals surface area contributed by atoms with Crippen LogP contribution in [0.15, 0.2) is 61.1 Å². The van der Waals surface area contributed by atoms with Gasteiger partial charge in [-0.15, -0.1) is 0 Å². The Kier molecular flexibility index (Phi) is 5.90. The van der Waals surface area contributed by atoms with E-state index in [2.05, 4.69) is 25.2 Å². The summed E-state index contributed by atoms with van der Waals surface area (Å²) in [7, 11) is 0. The predicted octanol–water partition coefficient (Wildman–Crippen LogP) is 5.66. The van der Waals surface area contributed by atoms with Crippen LogP contribution in [0, 0.1) is 0 Å². The Morgan fingerprint density at radius 3 is 2.44 bits per heavy atom. The monoisotopic (exact) mass is 474 g/mol. The van der Waals surface area contributed by atoms with Gasteiger partial charge >= 0.3 is 6.03 Å². The molecule has 9 heteroatoms. The van der Waals surface area contributed by atoms with Gasteiger partial charge in [-0.3, -0.25) is 4.79 Å². The average Bonchev–Trinajstić information content (AvgIpc) is 3.47. The fourth-order valence-electron chi connectivity index (χ4n) is 4.49. The lowest BCUT2D eigenvalue weighted by Crippen LogP contribution is -2.19. The molecular weight excluding hydrogens is 452 g/mol. The van der Waals surface area contributed by atoms with Crippen molar-refractivity contribution in [1.82, 2.24) is 14.5 Å². The number of aromatic nitrogens is 3. The van der Waals surface area contributed by atoms with E-state index in [-0.39, 0.29) is 11.6 Å². The molecule has 0 spiro atoms. The molecule has 5 rings (SSSR count). The van der Waals surface area contributed by atoms with Crippen molar-refractivity contribution in [3.05, 3.63) is 77.2 Å². The predicted molar refractivity (Wildman–Crippen MR) is 133 cm³/mol. The van der Waals surface area contributed by atoms with Crippen molar-refractivity contribution in [1.29, 1.82) is 0 Å². The van der Waals surface area contributed by atoms with Crippen molar-refractivity contribution in [2.45, 2.75) is 31.7 Å². The Morgan fingerprint density at radius 2 is 1.71 bits per heavy atom. The molecule has 0 atom stereocenters. The van der Waals surface area contributed by atoms with E-state index in [1.165, 1.54) is 6.33 Å². The van der Waals surface area contributed by atoms with Crippen LogP contribution in [0.3, 0.4) is 0 Å². The van der Waals surface area contributed by atoms with Crippen LogP contribution >= 0.6 is 11.6 Å². The van der Waals surface area contributed by atoms with Crippen LogP contribution in [-0.4, -0.2) is 26.3 Å². The Hall–Kier alpha value is -3.91. The number of ketones is 1. The average molecular weight is 475 g/mol. The van der Waals surface area contributed by atoms with Crippen LogP contribution in [0.4, 0.5) is 22.0 Å². The van der Waals surface area contributed by atoms with Gasteiger partial charge in [0.2, 0.25) is 0 Å². The third-order valence-corrected chi connectivity index (χ3v) is 6.30. The molecule has 4 N–H and O–H groups in total. The molecule has 0 aliphatic heterocycles. The lowest BCUT2D eigenvalue weighted by atomic mass is 10.0. The zero-order valence-electron chi connectivity index (χ0n) is 18.3. The molecule has 1 fully saturated rings. The number of hydrogen-bond donors (Lipinski definition) is 3. The maximum atomic E-state index is 13.5. The Labute approximate surface area is 201 Å². The largest absolute Gasteiger partial charge is 0.383 e. The summed E-state index contributed by atoms with van der Waals surface area (Å²) < 4.78 is 2.06. The summed E-state index contributed by atoms with van der Waals surface area (Å²) in [5, 5.41) is 6.56. The number of carbonyl (C=O) groups is 2. The smallest absolute Gasteiger partial charge is 0.323 e. The number of nitrogens with zero attached hydrogens (tertiary/aromatic N) is 3. The SMILES string of the molecule is Nc1ncnc2c1c(C(=O)c1cccc(NC(=O)Nc3cccc(Cl)c3)c1)cn2C1CCCC1. The first kappa shape index (κ1) is 21.9. The summed E-state index contributed by atoms with van der Waals surface area (Å²) in [6, 6.07) is 13.5. The van der Waals surface area contributed by atoms with E-state index in [1.807, 2.05) is 6.20 Å². The fourth-order valence-corrected chi connectivity index (χ4v) is 4.68. The maximum absolute atomic E-state index is 13.5. The second kappa shape index (κ2) is 9.15. The molecule has 1 aliphatic rings. The first-order valence-corrected chi connectivity index (χ1v) is 11.5. The molecule has 2 amide bonds. The highest BCUT2D eigenvalue weighted by molar-refractivity contribution is 6.31. The quantitative estimate of drug-likeness (QED) is 0.323. The van der Waals surface area contributed by atoms with Gasteiger partial charge in [0.15, 0.2) is 5.78 Å². The normalized spacial score (nSPS) is 13.8. The van der Waals surface area contributed by atoms with E-state index in [4.69, 9.17) is 17.3 Å². The molecule has 1 saturated carbocycles. The standard InChI is InChI=1S/C25H23ClN6O2/c26-16-6-4-8-18(12-16)31-25(34)30-17-7-3-5-15(11-17)22(33)20-13-32(19-9-1-2-10-19)24-21(20)23(27)28-14-29-24/h3-8,11-14,19H,1-2,9-10H2,(H2,27,28,29)(H2,30,31,34). The number of amides is 2. The minimum Gasteiger partial charge on any atom is -0.383 e. The van der Waals surface area contributed by atoms with Crippen LogP contribution in [-0.2, 0) is 0 Å². The molecular formula is C25H23ClN6O2. The number of halogens is 1. The van der Waals surface area contributed by atoms with Crippen LogP contribution in [0.5, 0.6) is 0 Å². The van der Waals surface area contributed by atoms with Gasteiger partial charge in [0.25, 0.3) is 0 Å². The van der Waals surface area contributed by atoms with E-state index in [0.717, 1.165) is 25.7 Å². The van der Waals surface area contributed by atoms with Crippen LogP contribution < -0.4 is 16.4 Å². The third kappa shape index (κ3) is 4.32. The number of nitrogens with one attached hydrogen (secondary N) is 2. The van der Waals surface area contributed by atoms with Crippen molar-refractivity contribution in [3.8, 4) is 0 Å². The molecule has 0 unspecified atom stereocenters. The summed E-state index contributed by atoms with van der Waals surface area (Å²) in [5.74, 6) is 0.0717. The minimum atomic E-state index is -0.442. The molecule has 2 aromatic heterocycles. The highest BCUT2D eigenvalue weighted by Gasteiger charge is 2.25. The number of nitrogen functional groups attached to an aromatic ring is 1. The van der Waals surface area contributed by atoms with Gasteiger partial charge in [0.1, 0.15) is 17.8 Å². The molecule has 0 radical (unpaired) electrons. The first-order chi connectivity index (χ1) is 16.5. The van der Waals surface area contributed by atoms with Gasteiger partial charge in [-0.05, 0) is 43.2 Å². The van der Waals surface area contributed by atoms with Gasteiger partial charge in [-0.2, -0.15) is 0 Å². The minimum absolute atomic E-state index is 0.206. The van der Waals surface area contributed by atoms with Crippen molar-refractivity contribution < 1.29 is 9.59 Å². The van der Waals surface area contributed by atoms with Crippen molar-refractivity contribution in [2.24, 2.45) is 0 Å². The lowest BCUT2D eigenvalue weighted by molar-refractivity contribution is 0.104. The number of benzene rings is 2. The van der Waals surface area contributed by atoms with E-state index in [1.54, 1.807) is 48.5 Å². The summed E-state index contributed by atoms with van der Waals surface area (Å²) in [6.45, 7) is 0. The summed E-state index contributed by atoms with van der Waals surface area (Å²) in [4.78, 5) is 34.5. The third-order valence-electron chi connectivity index (χ3n) is 6.07. The van der Waals surface area contributed by atoms with E-state index < -0.39 is 6.03 Å². The summed E-state index contributed by atoms with van der Waals surface area (Å²) in [5.41, 5.74) is 8.78. The van der Waals surface area contributed by atoms with Gasteiger partial charge in [0.05, 0.1) is 10.9 Å². The molecule has 172 valence electrons. The molecule has 8 nitrogen and oxygen atoms in total. The molecule has 2 aromatic carbocycles. The number of nitrogens with two attached hydrogens (primary N) is 1. The molecule has 0 bridgehead atoms. The number of carbonyl (C=O) groups excluding carboxylic acids is 2. The molecule has 4 aromatic rings. The fraction of sp³-hybridized carbons (Fsp3) is 0.200. The molecule has 1 aliphatic carbocycles. The highest BCUT2D eigenvalue weighted by Crippen LogP contribution is 2.35. The van der Waals surface area contributed by atoms with E-state index in [0.29, 0.717) is 44.6 Å². The van der Waals surface area contributed by atoms with Crippen LogP contribution in [0.25, 0.3) is 11.0 Å². The Balaban J connectivity index is 1.42.